The Kier molecular flexibility index (Phi) is 10.4. The van der Waals surface area contributed by atoms with Gasteiger partial charge >= 0.3 is 11.9 Å². The van der Waals surface area contributed by atoms with Crippen molar-refractivity contribution in [3.05, 3.63) is 94.0 Å². The Hall–Kier alpha value is -2.86. The summed E-state index contributed by atoms with van der Waals surface area (Å²) in [7, 11) is 1.34. The molecule has 0 aromatic heterocycles. The molecule has 5 nitrogen and oxygen atoms in total. The maximum Gasteiger partial charge on any atom is 0.323 e. The molecular formula is C29H31Cl2NO4. The summed E-state index contributed by atoms with van der Waals surface area (Å²) in [6, 6.07) is 21.2. The molecule has 36 heavy (non-hydrogen) atoms. The van der Waals surface area contributed by atoms with Gasteiger partial charge in [-0.3, -0.25) is 14.9 Å². The number of benzene rings is 3. The molecule has 0 aliphatic rings. The number of hydrogen-bond acceptors (Lipinski definition) is 5. The number of carbonyl (C=O) groups is 2. The number of hydrogen-bond donors (Lipinski definition) is 1. The minimum absolute atomic E-state index is 0.170. The van der Waals surface area contributed by atoms with Crippen molar-refractivity contribution in [2.45, 2.75) is 45.4 Å². The average molecular weight is 528 g/mol. The molecule has 0 spiro atoms. The van der Waals surface area contributed by atoms with E-state index in [4.69, 9.17) is 32.7 Å². The third-order valence-corrected chi connectivity index (χ3v) is 6.10. The minimum atomic E-state index is -0.735. The monoisotopic (exact) mass is 527 g/mol. The number of methoxy groups -OCH3 is 1. The van der Waals surface area contributed by atoms with Gasteiger partial charge in [-0.2, -0.15) is 0 Å². The molecule has 0 radical (unpaired) electrons. The van der Waals surface area contributed by atoms with E-state index in [9.17, 15) is 9.59 Å². The molecule has 1 N–H and O–H groups in total. The summed E-state index contributed by atoms with van der Waals surface area (Å²) in [5.74, 6) is -0.638. The first-order valence-corrected chi connectivity index (χ1v) is 12.6. The Labute approximate surface area is 222 Å². The van der Waals surface area contributed by atoms with Crippen LogP contribution in [0.25, 0.3) is 11.1 Å². The van der Waals surface area contributed by atoms with Crippen LogP contribution >= 0.6 is 23.2 Å². The second-order valence-electron chi connectivity index (χ2n) is 9.08. The largest absolute Gasteiger partial charge is 0.468 e. The molecule has 3 rings (SSSR count). The number of ether oxygens (including phenoxy) is 2. The number of nitrogens with one attached hydrogen (secondary N) is 1. The van der Waals surface area contributed by atoms with Crippen molar-refractivity contribution < 1.29 is 19.1 Å². The second-order valence-corrected chi connectivity index (χ2v) is 9.95. The molecular weight excluding hydrogens is 497 g/mol. The van der Waals surface area contributed by atoms with Gasteiger partial charge in [0.25, 0.3) is 0 Å². The maximum atomic E-state index is 13.0. The summed E-state index contributed by atoms with van der Waals surface area (Å²) in [5.41, 5.74) is 3.59. The van der Waals surface area contributed by atoms with Gasteiger partial charge in [0.05, 0.1) is 7.11 Å². The van der Waals surface area contributed by atoms with E-state index in [1.165, 1.54) is 7.11 Å². The van der Waals surface area contributed by atoms with E-state index in [0.717, 1.165) is 22.3 Å². The van der Waals surface area contributed by atoms with Gasteiger partial charge in [0.2, 0.25) is 0 Å². The second kappa shape index (κ2) is 13.4. The zero-order valence-electron chi connectivity index (χ0n) is 20.7. The highest BCUT2D eigenvalue weighted by Crippen LogP contribution is 2.28. The van der Waals surface area contributed by atoms with E-state index in [-0.39, 0.29) is 12.5 Å². The van der Waals surface area contributed by atoms with E-state index in [0.29, 0.717) is 22.9 Å². The van der Waals surface area contributed by atoms with E-state index in [1.807, 2.05) is 80.6 Å². The maximum absolute atomic E-state index is 13.0. The lowest BCUT2D eigenvalue weighted by atomic mass is 9.98. The molecule has 0 aliphatic carbocycles. The lowest BCUT2D eigenvalue weighted by Crippen LogP contribution is -2.49. The number of rotatable bonds is 11. The summed E-state index contributed by atoms with van der Waals surface area (Å²) < 4.78 is 10.6. The molecule has 0 saturated heterocycles. The molecule has 0 heterocycles. The Bertz CT molecular complexity index is 1150. The summed E-state index contributed by atoms with van der Waals surface area (Å²) in [5, 5.41) is 4.29. The van der Waals surface area contributed by atoms with Gasteiger partial charge in [-0.25, -0.2) is 0 Å². The van der Waals surface area contributed by atoms with Crippen molar-refractivity contribution in [2.75, 3.05) is 7.11 Å². The van der Waals surface area contributed by atoms with E-state index in [1.54, 1.807) is 6.07 Å². The van der Waals surface area contributed by atoms with Crippen molar-refractivity contribution in [3.8, 4) is 11.1 Å². The van der Waals surface area contributed by atoms with Crippen LogP contribution in [0.5, 0.6) is 0 Å². The fraction of sp³-hybridized carbons (Fsp3) is 0.310. The van der Waals surface area contributed by atoms with Gasteiger partial charge in [0.15, 0.2) is 0 Å². The Morgan fingerprint density at radius 3 is 2.11 bits per heavy atom. The van der Waals surface area contributed by atoms with Crippen molar-refractivity contribution in [1.82, 2.24) is 5.32 Å². The van der Waals surface area contributed by atoms with E-state index in [2.05, 4.69) is 5.32 Å². The van der Waals surface area contributed by atoms with Crippen LogP contribution in [0, 0.1) is 5.92 Å². The lowest BCUT2D eigenvalue weighted by Gasteiger charge is -2.24. The molecule has 3 aromatic rings. The van der Waals surface area contributed by atoms with Crippen molar-refractivity contribution in [3.63, 3.8) is 0 Å². The van der Waals surface area contributed by atoms with E-state index < -0.39 is 24.0 Å². The van der Waals surface area contributed by atoms with Crippen molar-refractivity contribution in [2.24, 2.45) is 5.92 Å². The van der Waals surface area contributed by atoms with Gasteiger partial charge in [0.1, 0.15) is 18.7 Å². The fourth-order valence-electron chi connectivity index (χ4n) is 3.96. The van der Waals surface area contributed by atoms with Gasteiger partial charge in [-0.1, -0.05) is 91.6 Å². The Morgan fingerprint density at radius 2 is 1.47 bits per heavy atom. The SMILES string of the molecule is COC(=O)[C@H](Cc1cccc(-c2cc(Cl)cc(Cl)c2)c1)N[C@@H](CC(C)C)C(=O)OCc1ccccc1. The Balaban J connectivity index is 1.78. The first kappa shape index (κ1) is 27.7. The highest BCUT2D eigenvalue weighted by atomic mass is 35.5. The molecule has 0 saturated carbocycles. The van der Waals surface area contributed by atoms with Crippen LogP contribution in [0.3, 0.4) is 0 Å². The molecule has 0 unspecified atom stereocenters. The molecule has 0 aliphatic heterocycles. The third-order valence-electron chi connectivity index (χ3n) is 5.67. The third kappa shape index (κ3) is 8.37. The van der Waals surface area contributed by atoms with Crippen molar-refractivity contribution in [1.29, 1.82) is 0 Å². The van der Waals surface area contributed by atoms with Crippen LogP contribution in [0.2, 0.25) is 10.0 Å². The summed E-state index contributed by atoms with van der Waals surface area (Å²) >= 11 is 12.4. The van der Waals surface area contributed by atoms with Gasteiger partial charge < -0.3 is 9.47 Å². The van der Waals surface area contributed by atoms with Crippen LogP contribution in [-0.4, -0.2) is 31.1 Å². The van der Waals surface area contributed by atoms with Gasteiger partial charge in [-0.15, -0.1) is 0 Å². The standard InChI is InChI=1S/C29H31Cl2NO4/c1-19(2)12-26(29(34)36-18-20-8-5-4-6-9-20)32-27(28(33)35-3)14-21-10-7-11-22(13-21)23-15-24(30)17-25(31)16-23/h4-11,13,15-17,19,26-27,32H,12,14,18H2,1-3H3/t26-,27-/m0/s1. The number of esters is 2. The van der Waals surface area contributed by atoms with Crippen LogP contribution < -0.4 is 5.32 Å². The predicted molar refractivity (Wildman–Crippen MR) is 144 cm³/mol. The highest BCUT2D eigenvalue weighted by molar-refractivity contribution is 6.35. The molecule has 0 fully saturated rings. The highest BCUT2D eigenvalue weighted by Gasteiger charge is 2.29. The van der Waals surface area contributed by atoms with Crippen LogP contribution in [0.4, 0.5) is 0 Å². The first-order valence-electron chi connectivity index (χ1n) is 11.8. The zero-order valence-corrected chi connectivity index (χ0v) is 22.2. The average Bonchev–Trinajstić information content (AvgIpc) is 2.86. The van der Waals surface area contributed by atoms with Crippen LogP contribution in [-0.2, 0) is 32.1 Å². The Morgan fingerprint density at radius 1 is 0.806 bits per heavy atom. The topological polar surface area (TPSA) is 64.6 Å². The summed E-state index contributed by atoms with van der Waals surface area (Å²) in [6.07, 6.45) is 0.845. The molecule has 0 bridgehead atoms. The van der Waals surface area contributed by atoms with Crippen molar-refractivity contribution >= 4 is 35.1 Å². The quantitative estimate of drug-likeness (QED) is 0.288. The van der Waals surface area contributed by atoms with Gasteiger partial charge in [0, 0.05) is 10.0 Å². The molecule has 3 aromatic carbocycles. The predicted octanol–water partition coefficient (Wildman–Crippen LogP) is 6.49. The first-order chi connectivity index (χ1) is 17.2. The fourth-order valence-corrected chi connectivity index (χ4v) is 4.49. The molecule has 190 valence electrons. The zero-order chi connectivity index (χ0) is 26.1. The summed E-state index contributed by atoms with van der Waals surface area (Å²) in [6.45, 7) is 4.21. The molecule has 0 amide bonds. The molecule has 7 heteroatoms. The van der Waals surface area contributed by atoms with Crippen LogP contribution in [0.15, 0.2) is 72.8 Å². The van der Waals surface area contributed by atoms with Crippen LogP contribution in [0.1, 0.15) is 31.4 Å². The van der Waals surface area contributed by atoms with Gasteiger partial charge in [-0.05, 0) is 59.2 Å². The normalized spacial score (nSPS) is 12.7. The minimum Gasteiger partial charge on any atom is -0.468 e. The number of halogens is 2. The number of carbonyl (C=O) groups excluding carboxylic acids is 2. The summed E-state index contributed by atoms with van der Waals surface area (Å²) in [4.78, 5) is 25.7. The lowest BCUT2D eigenvalue weighted by molar-refractivity contribution is -0.149. The molecule has 2 atom stereocenters. The smallest absolute Gasteiger partial charge is 0.323 e. The van der Waals surface area contributed by atoms with E-state index >= 15 is 0 Å².